The Morgan fingerprint density at radius 2 is 1.92 bits per heavy atom. The molecular weight excluding hydrogens is 326 g/mol. The summed E-state index contributed by atoms with van der Waals surface area (Å²) in [6.45, 7) is 10.5. The molecular formula is C21H33N3O2. The first kappa shape index (κ1) is 19.0. The van der Waals surface area contributed by atoms with Crippen molar-refractivity contribution in [3.8, 4) is 0 Å². The van der Waals surface area contributed by atoms with E-state index in [2.05, 4.69) is 42.3 Å². The highest BCUT2D eigenvalue weighted by atomic mass is 16.6. The summed E-state index contributed by atoms with van der Waals surface area (Å²) in [5, 5.41) is 3.74. The molecule has 3 rings (SSSR count). The molecule has 2 saturated heterocycles. The highest BCUT2D eigenvalue weighted by Crippen LogP contribution is 2.24. The standard InChI is InChI=1S/C21H33N3O2/c1-4-26-21(25)23-12-9-20(10-13-23)24-11-5-6-19(15-24)22-18-8-7-16(2)17(3)14-18/h7-8,14,19-20,22H,4-6,9-13,15H2,1-3H3/t19-/m1/s1. The minimum Gasteiger partial charge on any atom is -0.450 e. The molecule has 1 N–H and O–H groups in total. The van der Waals surface area contributed by atoms with Crippen LogP contribution in [0.2, 0.25) is 0 Å². The topological polar surface area (TPSA) is 44.8 Å². The van der Waals surface area contributed by atoms with Gasteiger partial charge in [-0.3, -0.25) is 4.90 Å². The van der Waals surface area contributed by atoms with Gasteiger partial charge < -0.3 is 15.0 Å². The van der Waals surface area contributed by atoms with Crippen LogP contribution in [0.15, 0.2) is 18.2 Å². The van der Waals surface area contributed by atoms with E-state index in [-0.39, 0.29) is 6.09 Å². The Morgan fingerprint density at radius 1 is 1.15 bits per heavy atom. The molecule has 2 heterocycles. The van der Waals surface area contributed by atoms with Gasteiger partial charge in [0.15, 0.2) is 0 Å². The van der Waals surface area contributed by atoms with Gasteiger partial charge in [0.25, 0.3) is 0 Å². The lowest BCUT2D eigenvalue weighted by Crippen LogP contribution is -2.51. The molecule has 1 amide bonds. The summed E-state index contributed by atoms with van der Waals surface area (Å²) in [4.78, 5) is 16.4. The van der Waals surface area contributed by atoms with Crippen LogP contribution in [0, 0.1) is 13.8 Å². The number of rotatable bonds is 4. The van der Waals surface area contributed by atoms with Gasteiger partial charge in [0.1, 0.15) is 0 Å². The third-order valence-electron chi connectivity index (χ3n) is 5.84. The minimum absolute atomic E-state index is 0.154. The summed E-state index contributed by atoms with van der Waals surface area (Å²) in [7, 11) is 0. The van der Waals surface area contributed by atoms with E-state index >= 15 is 0 Å². The van der Waals surface area contributed by atoms with Gasteiger partial charge in [-0.25, -0.2) is 4.79 Å². The van der Waals surface area contributed by atoms with Gasteiger partial charge >= 0.3 is 6.09 Å². The van der Waals surface area contributed by atoms with Crippen LogP contribution in [0.5, 0.6) is 0 Å². The number of carbonyl (C=O) groups excluding carboxylic acids is 1. The fraction of sp³-hybridized carbons (Fsp3) is 0.667. The number of likely N-dealkylation sites (tertiary alicyclic amines) is 2. The second kappa shape index (κ2) is 8.76. The van der Waals surface area contributed by atoms with Gasteiger partial charge in [-0.15, -0.1) is 0 Å². The number of anilines is 1. The second-order valence-corrected chi connectivity index (χ2v) is 7.69. The molecule has 2 fully saturated rings. The summed E-state index contributed by atoms with van der Waals surface area (Å²) in [5.41, 5.74) is 3.92. The van der Waals surface area contributed by atoms with E-state index in [9.17, 15) is 4.79 Å². The van der Waals surface area contributed by atoms with Gasteiger partial charge in [0, 0.05) is 37.4 Å². The smallest absolute Gasteiger partial charge is 0.409 e. The maximum Gasteiger partial charge on any atom is 0.409 e. The average molecular weight is 360 g/mol. The maximum atomic E-state index is 11.9. The molecule has 0 aromatic heterocycles. The fourth-order valence-corrected chi connectivity index (χ4v) is 4.15. The third-order valence-corrected chi connectivity index (χ3v) is 5.84. The van der Waals surface area contributed by atoms with Crippen LogP contribution in [0.3, 0.4) is 0 Å². The number of nitrogens with one attached hydrogen (secondary N) is 1. The molecule has 5 nitrogen and oxygen atoms in total. The Labute approximate surface area is 157 Å². The fourth-order valence-electron chi connectivity index (χ4n) is 4.15. The number of nitrogens with zero attached hydrogens (tertiary/aromatic N) is 2. The van der Waals surface area contributed by atoms with Crippen LogP contribution in [-0.4, -0.2) is 60.8 Å². The SMILES string of the molecule is CCOC(=O)N1CCC(N2CCC[C@@H](Nc3ccc(C)c(C)c3)C2)CC1. The predicted molar refractivity (Wildman–Crippen MR) is 106 cm³/mol. The molecule has 0 bridgehead atoms. The van der Waals surface area contributed by atoms with Crippen LogP contribution in [0.1, 0.15) is 43.7 Å². The summed E-state index contributed by atoms with van der Waals surface area (Å²) >= 11 is 0. The molecule has 0 aliphatic carbocycles. The van der Waals surface area contributed by atoms with Gasteiger partial charge in [-0.2, -0.15) is 0 Å². The molecule has 0 radical (unpaired) electrons. The monoisotopic (exact) mass is 359 g/mol. The van der Waals surface area contributed by atoms with Crippen molar-refractivity contribution in [1.29, 1.82) is 0 Å². The molecule has 1 aromatic rings. The number of ether oxygens (including phenoxy) is 1. The van der Waals surface area contributed by atoms with E-state index in [0.29, 0.717) is 18.7 Å². The Balaban J connectivity index is 1.51. The Bertz CT molecular complexity index is 611. The predicted octanol–water partition coefficient (Wildman–Crippen LogP) is 3.80. The minimum atomic E-state index is -0.154. The molecule has 0 spiro atoms. The van der Waals surface area contributed by atoms with Crippen LogP contribution in [0.4, 0.5) is 10.5 Å². The van der Waals surface area contributed by atoms with Crippen molar-refractivity contribution in [2.45, 2.75) is 58.5 Å². The second-order valence-electron chi connectivity index (χ2n) is 7.69. The van der Waals surface area contributed by atoms with Gasteiger partial charge in [0.2, 0.25) is 0 Å². The summed E-state index contributed by atoms with van der Waals surface area (Å²) < 4.78 is 5.13. The van der Waals surface area contributed by atoms with Crippen LogP contribution in [0.25, 0.3) is 0 Å². The van der Waals surface area contributed by atoms with Crippen molar-refractivity contribution in [1.82, 2.24) is 9.80 Å². The molecule has 2 aliphatic heterocycles. The highest BCUT2D eigenvalue weighted by Gasteiger charge is 2.30. The molecule has 2 aliphatic rings. The molecule has 0 unspecified atom stereocenters. The largest absolute Gasteiger partial charge is 0.450 e. The number of hydrogen-bond donors (Lipinski definition) is 1. The first-order valence-electron chi connectivity index (χ1n) is 10.1. The van der Waals surface area contributed by atoms with Crippen molar-refractivity contribution < 1.29 is 9.53 Å². The lowest BCUT2D eigenvalue weighted by molar-refractivity contribution is 0.0667. The first-order valence-corrected chi connectivity index (χ1v) is 10.1. The van der Waals surface area contributed by atoms with Gasteiger partial charge in [-0.05, 0) is 76.3 Å². The number of benzene rings is 1. The lowest BCUT2D eigenvalue weighted by atomic mass is 9.97. The number of piperidine rings is 2. The van der Waals surface area contributed by atoms with E-state index < -0.39 is 0 Å². The summed E-state index contributed by atoms with van der Waals surface area (Å²) in [6.07, 6.45) is 4.41. The summed E-state index contributed by atoms with van der Waals surface area (Å²) in [5.74, 6) is 0. The molecule has 0 saturated carbocycles. The average Bonchev–Trinajstić information content (AvgIpc) is 2.65. The number of aryl methyl sites for hydroxylation is 2. The molecule has 144 valence electrons. The molecule has 1 atom stereocenters. The number of hydrogen-bond acceptors (Lipinski definition) is 4. The zero-order valence-corrected chi connectivity index (χ0v) is 16.5. The van der Waals surface area contributed by atoms with E-state index in [1.165, 1.54) is 36.2 Å². The Hall–Kier alpha value is -1.75. The van der Waals surface area contributed by atoms with E-state index in [1.54, 1.807) is 0 Å². The first-order chi connectivity index (χ1) is 12.6. The highest BCUT2D eigenvalue weighted by molar-refractivity contribution is 5.67. The molecule has 26 heavy (non-hydrogen) atoms. The van der Waals surface area contributed by atoms with Crippen LogP contribution >= 0.6 is 0 Å². The zero-order valence-electron chi connectivity index (χ0n) is 16.5. The third kappa shape index (κ3) is 4.70. The van der Waals surface area contributed by atoms with E-state index in [1.807, 2.05) is 11.8 Å². The lowest BCUT2D eigenvalue weighted by Gasteiger charge is -2.42. The zero-order chi connectivity index (χ0) is 18.5. The van der Waals surface area contributed by atoms with Gasteiger partial charge in [0.05, 0.1) is 6.61 Å². The molecule has 1 aromatic carbocycles. The maximum absolute atomic E-state index is 11.9. The van der Waals surface area contributed by atoms with Crippen molar-refractivity contribution in [3.63, 3.8) is 0 Å². The van der Waals surface area contributed by atoms with Gasteiger partial charge in [-0.1, -0.05) is 6.07 Å². The van der Waals surface area contributed by atoms with Crippen molar-refractivity contribution in [2.24, 2.45) is 0 Å². The van der Waals surface area contributed by atoms with Crippen molar-refractivity contribution in [3.05, 3.63) is 29.3 Å². The number of amides is 1. The Kier molecular flexibility index (Phi) is 6.41. The van der Waals surface area contributed by atoms with E-state index in [0.717, 1.165) is 32.5 Å². The van der Waals surface area contributed by atoms with E-state index in [4.69, 9.17) is 4.74 Å². The normalized spacial score (nSPS) is 22.3. The van der Waals surface area contributed by atoms with Crippen molar-refractivity contribution in [2.75, 3.05) is 38.1 Å². The Morgan fingerprint density at radius 3 is 2.62 bits per heavy atom. The quantitative estimate of drug-likeness (QED) is 0.888. The van der Waals surface area contributed by atoms with Crippen LogP contribution in [-0.2, 0) is 4.74 Å². The summed E-state index contributed by atoms with van der Waals surface area (Å²) in [6, 6.07) is 7.74. The van der Waals surface area contributed by atoms with Crippen LogP contribution < -0.4 is 5.32 Å². The van der Waals surface area contributed by atoms with Crippen molar-refractivity contribution >= 4 is 11.8 Å². The molecule has 5 heteroatoms. The number of carbonyl (C=O) groups is 1.